The largest absolute Gasteiger partial charge is 0.491 e. The molecule has 0 unspecified atom stereocenters. The first-order chi connectivity index (χ1) is 21.3. The molecule has 2 fully saturated rings. The summed E-state index contributed by atoms with van der Waals surface area (Å²) in [4.78, 5) is 59.2. The Morgan fingerprint density at radius 1 is 0.909 bits per heavy atom. The summed E-state index contributed by atoms with van der Waals surface area (Å²) >= 11 is 0. The second-order valence-electron chi connectivity index (χ2n) is 12.1. The number of fused-ring (bicyclic) bond motifs is 4. The molecule has 0 aliphatic carbocycles. The fraction of sp³-hybridized carbons (Fsp3) is 0.412. The van der Waals surface area contributed by atoms with Gasteiger partial charge in [-0.3, -0.25) is 24.1 Å². The Morgan fingerprint density at radius 2 is 1.70 bits per heavy atom. The zero-order valence-electron chi connectivity index (χ0n) is 25.0. The highest BCUT2D eigenvalue weighted by Gasteiger charge is 2.40. The van der Waals surface area contributed by atoms with E-state index in [1.165, 1.54) is 0 Å². The normalized spacial score (nSPS) is 22.9. The first kappa shape index (κ1) is 29.6. The second-order valence-corrected chi connectivity index (χ2v) is 12.1. The molecule has 3 heterocycles. The van der Waals surface area contributed by atoms with E-state index in [2.05, 4.69) is 15.5 Å². The highest BCUT2D eigenvalue weighted by Crippen LogP contribution is 2.24. The lowest BCUT2D eigenvalue weighted by Crippen LogP contribution is -2.52. The molecular weight excluding hydrogens is 558 g/mol. The third-order valence-corrected chi connectivity index (χ3v) is 8.87. The van der Waals surface area contributed by atoms with Crippen molar-refractivity contribution in [3.8, 4) is 5.75 Å². The summed E-state index contributed by atoms with van der Waals surface area (Å²) in [7, 11) is 1.69. The zero-order valence-corrected chi connectivity index (χ0v) is 25.0. The molecule has 10 heteroatoms. The van der Waals surface area contributed by atoms with E-state index in [4.69, 9.17) is 4.74 Å². The molecule has 44 heavy (non-hydrogen) atoms. The van der Waals surface area contributed by atoms with Crippen molar-refractivity contribution < 1.29 is 23.9 Å². The molecule has 0 saturated carbocycles. The van der Waals surface area contributed by atoms with Crippen LogP contribution in [0.4, 0.5) is 0 Å². The predicted molar refractivity (Wildman–Crippen MR) is 166 cm³/mol. The second kappa shape index (κ2) is 13.1. The SMILES string of the molecule is CN1CC[C@H](NC(=O)c2ccc3ccccc3c2)C(=O)N2C[C@@H](NC(=O)CN3CCCC3)C[C@H]2COc2cccc(c2)C1=O. The van der Waals surface area contributed by atoms with Crippen LogP contribution in [0.25, 0.3) is 10.8 Å². The van der Waals surface area contributed by atoms with E-state index < -0.39 is 6.04 Å². The molecule has 0 radical (unpaired) electrons. The summed E-state index contributed by atoms with van der Waals surface area (Å²) in [6, 6.07) is 18.8. The molecule has 0 aromatic heterocycles. The first-order valence-electron chi connectivity index (χ1n) is 15.4. The van der Waals surface area contributed by atoms with Gasteiger partial charge >= 0.3 is 0 Å². The topological polar surface area (TPSA) is 111 Å². The predicted octanol–water partition coefficient (Wildman–Crippen LogP) is 2.67. The lowest BCUT2D eigenvalue weighted by molar-refractivity contribution is -0.135. The van der Waals surface area contributed by atoms with Gasteiger partial charge in [0.1, 0.15) is 18.4 Å². The van der Waals surface area contributed by atoms with Crippen LogP contribution in [0.5, 0.6) is 5.75 Å². The Hall–Kier alpha value is -4.44. The van der Waals surface area contributed by atoms with E-state index in [9.17, 15) is 19.2 Å². The Bertz CT molecular complexity index is 1550. The average Bonchev–Trinajstić information content (AvgIpc) is 3.70. The molecular formula is C34H39N5O5. The number of nitrogens with zero attached hydrogens (tertiary/aromatic N) is 3. The van der Waals surface area contributed by atoms with Crippen molar-refractivity contribution in [2.45, 2.75) is 43.8 Å². The van der Waals surface area contributed by atoms with Crippen LogP contribution in [0.2, 0.25) is 0 Å². The molecule has 3 atom stereocenters. The summed E-state index contributed by atoms with van der Waals surface area (Å²) in [5.41, 5.74) is 0.941. The van der Waals surface area contributed by atoms with E-state index in [0.29, 0.717) is 36.4 Å². The minimum absolute atomic E-state index is 0.0470. The number of carbonyl (C=O) groups excluding carboxylic acids is 4. The van der Waals surface area contributed by atoms with E-state index in [1.54, 1.807) is 47.2 Å². The van der Waals surface area contributed by atoms with Gasteiger partial charge in [-0.1, -0.05) is 36.4 Å². The molecule has 0 spiro atoms. The lowest BCUT2D eigenvalue weighted by Gasteiger charge is -2.30. The fourth-order valence-corrected chi connectivity index (χ4v) is 6.45. The monoisotopic (exact) mass is 597 g/mol. The number of carbonyl (C=O) groups is 4. The van der Waals surface area contributed by atoms with Gasteiger partial charge in [0.25, 0.3) is 11.8 Å². The van der Waals surface area contributed by atoms with Crippen LogP contribution in [-0.2, 0) is 9.59 Å². The van der Waals surface area contributed by atoms with Gasteiger partial charge in [0.2, 0.25) is 11.8 Å². The minimum Gasteiger partial charge on any atom is -0.491 e. The highest BCUT2D eigenvalue weighted by atomic mass is 16.5. The molecule has 2 bridgehead atoms. The van der Waals surface area contributed by atoms with Crippen LogP contribution in [0.1, 0.15) is 46.4 Å². The van der Waals surface area contributed by atoms with Crippen molar-refractivity contribution in [3.05, 3.63) is 77.9 Å². The molecule has 3 aliphatic rings. The molecule has 3 aliphatic heterocycles. The smallest absolute Gasteiger partial charge is 0.253 e. The Balaban J connectivity index is 1.24. The van der Waals surface area contributed by atoms with Crippen LogP contribution < -0.4 is 15.4 Å². The molecule has 6 rings (SSSR count). The van der Waals surface area contributed by atoms with Crippen LogP contribution in [0, 0.1) is 0 Å². The number of nitrogens with one attached hydrogen (secondary N) is 2. The number of ether oxygens (including phenoxy) is 1. The summed E-state index contributed by atoms with van der Waals surface area (Å²) < 4.78 is 6.12. The Labute approximate surface area is 257 Å². The maximum absolute atomic E-state index is 14.2. The molecule has 2 saturated heterocycles. The van der Waals surface area contributed by atoms with Crippen LogP contribution >= 0.6 is 0 Å². The number of hydrogen-bond donors (Lipinski definition) is 2. The standard InChI is InChI=1S/C34H39N5O5/c1-37-16-13-30(36-32(41)25-12-11-23-7-2-3-8-24(23)17-25)34(43)39-20-27(35-31(40)21-38-14-4-5-15-38)19-28(39)22-44-29-10-6-9-26(18-29)33(37)42/h2-3,6-12,17-18,27-28,30H,4-5,13-16,19-22H2,1H3,(H,35,40)(H,36,41)/t27-,28-,30-/m0/s1. The molecule has 4 amide bonds. The fourth-order valence-electron chi connectivity index (χ4n) is 6.45. The van der Waals surface area contributed by atoms with Gasteiger partial charge in [0.15, 0.2) is 0 Å². The molecule has 3 aromatic rings. The number of likely N-dealkylation sites (tertiary alicyclic amines) is 1. The van der Waals surface area contributed by atoms with E-state index >= 15 is 0 Å². The molecule has 2 N–H and O–H groups in total. The molecule has 230 valence electrons. The Morgan fingerprint density at radius 3 is 2.52 bits per heavy atom. The quantitative estimate of drug-likeness (QED) is 0.468. The van der Waals surface area contributed by atoms with Gasteiger partial charge in [-0.25, -0.2) is 0 Å². The van der Waals surface area contributed by atoms with Gasteiger partial charge in [0, 0.05) is 37.3 Å². The van der Waals surface area contributed by atoms with E-state index in [-0.39, 0.29) is 55.3 Å². The number of amides is 4. The highest BCUT2D eigenvalue weighted by molar-refractivity contribution is 6.01. The Kier molecular flexibility index (Phi) is 8.79. The van der Waals surface area contributed by atoms with Gasteiger partial charge in [-0.05, 0) is 79.9 Å². The maximum Gasteiger partial charge on any atom is 0.253 e. The van der Waals surface area contributed by atoms with Gasteiger partial charge in [-0.15, -0.1) is 0 Å². The van der Waals surface area contributed by atoms with Crippen LogP contribution in [0.15, 0.2) is 66.7 Å². The van der Waals surface area contributed by atoms with Crippen molar-refractivity contribution in [2.75, 3.05) is 46.4 Å². The molecule has 10 nitrogen and oxygen atoms in total. The third kappa shape index (κ3) is 6.70. The number of hydrogen-bond acceptors (Lipinski definition) is 6. The van der Waals surface area contributed by atoms with Gasteiger partial charge < -0.3 is 25.2 Å². The van der Waals surface area contributed by atoms with Gasteiger partial charge in [0.05, 0.1) is 12.6 Å². The summed E-state index contributed by atoms with van der Waals surface area (Å²) in [6.07, 6.45) is 2.97. The summed E-state index contributed by atoms with van der Waals surface area (Å²) in [5.74, 6) is -0.312. The first-order valence-corrected chi connectivity index (χ1v) is 15.4. The molecule has 3 aromatic carbocycles. The zero-order chi connectivity index (χ0) is 30.6. The van der Waals surface area contributed by atoms with E-state index in [1.807, 2.05) is 36.4 Å². The maximum atomic E-state index is 14.2. The average molecular weight is 598 g/mol. The van der Waals surface area contributed by atoms with Crippen molar-refractivity contribution in [1.29, 1.82) is 0 Å². The van der Waals surface area contributed by atoms with E-state index in [0.717, 1.165) is 36.7 Å². The van der Waals surface area contributed by atoms with Crippen molar-refractivity contribution in [2.24, 2.45) is 0 Å². The summed E-state index contributed by atoms with van der Waals surface area (Å²) in [6.45, 7) is 2.97. The van der Waals surface area contributed by atoms with Gasteiger partial charge in [-0.2, -0.15) is 0 Å². The van der Waals surface area contributed by atoms with Crippen molar-refractivity contribution in [3.63, 3.8) is 0 Å². The summed E-state index contributed by atoms with van der Waals surface area (Å²) in [5, 5.41) is 8.05. The third-order valence-electron chi connectivity index (χ3n) is 8.87. The van der Waals surface area contributed by atoms with Crippen LogP contribution in [0.3, 0.4) is 0 Å². The number of benzene rings is 3. The lowest BCUT2D eigenvalue weighted by atomic mass is 10.1. The van der Waals surface area contributed by atoms with Crippen molar-refractivity contribution >= 4 is 34.4 Å². The van der Waals surface area contributed by atoms with Crippen LogP contribution in [-0.4, -0.2) is 103 Å². The van der Waals surface area contributed by atoms with Crippen molar-refractivity contribution in [1.82, 2.24) is 25.3 Å². The number of rotatable bonds is 5. The minimum atomic E-state index is -0.880.